The summed E-state index contributed by atoms with van der Waals surface area (Å²) in [4.78, 5) is 0. The van der Waals surface area contributed by atoms with Gasteiger partial charge >= 0.3 is 7.12 Å². The Labute approximate surface area is 94.9 Å². The molecule has 0 atom stereocenters. The van der Waals surface area contributed by atoms with Gasteiger partial charge in [0.15, 0.2) is 0 Å². The van der Waals surface area contributed by atoms with E-state index in [4.69, 9.17) is 9.31 Å². The quantitative estimate of drug-likeness (QED) is 0.664. The molecular formula is C12H25BO2. The van der Waals surface area contributed by atoms with E-state index < -0.39 is 0 Å². The molecule has 1 rings (SSSR count). The molecule has 88 valence electrons. The Hall–Kier alpha value is -0.0151. The van der Waals surface area contributed by atoms with Crippen LogP contribution in [0, 0.1) is 0 Å². The fourth-order valence-electron chi connectivity index (χ4n) is 1.71. The zero-order valence-corrected chi connectivity index (χ0v) is 11.3. The number of hydrogen-bond acceptors (Lipinski definition) is 2. The highest BCUT2D eigenvalue weighted by atomic mass is 16.7. The van der Waals surface area contributed by atoms with Gasteiger partial charge < -0.3 is 9.31 Å². The van der Waals surface area contributed by atoms with E-state index in [1.54, 1.807) is 0 Å². The molecule has 0 aromatic carbocycles. The van der Waals surface area contributed by atoms with Crippen LogP contribution in [0.1, 0.15) is 61.3 Å². The molecule has 0 N–H and O–H groups in total. The summed E-state index contributed by atoms with van der Waals surface area (Å²) in [6.07, 6.45) is 2.17. The van der Waals surface area contributed by atoms with Crippen molar-refractivity contribution in [3.8, 4) is 0 Å². The van der Waals surface area contributed by atoms with Crippen LogP contribution < -0.4 is 0 Å². The Balaban J connectivity index is 2.87. The van der Waals surface area contributed by atoms with Crippen LogP contribution >= 0.6 is 0 Å². The summed E-state index contributed by atoms with van der Waals surface area (Å²) in [7, 11) is -0.0718. The fourth-order valence-corrected chi connectivity index (χ4v) is 1.71. The van der Waals surface area contributed by atoms with Gasteiger partial charge in [-0.3, -0.25) is 0 Å². The molecule has 0 amide bonds. The lowest BCUT2D eigenvalue weighted by atomic mass is 9.55. The van der Waals surface area contributed by atoms with Crippen LogP contribution in [-0.4, -0.2) is 18.3 Å². The Kier molecular flexibility index (Phi) is 3.29. The minimum absolute atomic E-state index is 0.0718. The molecule has 0 bridgehead atoms. The third kappa shape index (κ3) is 2.09. The number of hydrogen-bond donors (Lipinski definition) is 0. The van der Waals surface area contributed by atoms with Gasteiger partial charge in [-0.1, -0.05) is 33.6 Å². The lowest BCUT2D eigenvalue weighted by molar-refractivity contribution is 0.00578. The smallest absolute Gasteiger partial charge is 0.403 e. The van der Waals surface area contributed by atoms with E-state index in [1.807, 2.05) is 0 Å². The summed E-state index contributed by atoms with van der Waals surface area (Å²) >= 11 is 0. The zero-order valence-electron chi connectivity index (χ0n) is 11.3. The lowest BCUT2D eigenvalue weighted by Gasteiger charge is -2.32. The van der Waals surface area contributed by atoms with Crippen molar-refractivity contribution in [2.24, 2.45) is 0 Å². The summed E-state index contributed by atoms with van der Waals surface area (Å²) < 4.78 is 12.2. The Morgan fingerprint density at radius 1 is 0.933 bits per heavy atom. The molecule has 2 nitrogen and oxygen atoms in total. The largest absolute Gasteiger partial charge is 0.464 e. The van der Waals surface area contributed by atoms with Crippen LogP contribution in [0.5, 0.6) is 0 Å². The molecule has 1 aliphatic rings. The lowest BCUT2D eigenvalue weighted by Crippen LogP contribution is -2.41. The molecule has 1 heterocycles. The van der Waals surface area contributed by atoms with Crippen molar-refractivity contribution in [1.29, 1.82) is 0 Å². The predicted molar refractivity (Wildman–Crippen MR) is 65.0 cm³/mol. The highest BCUT2D eigenvalue weighted by Gasteiger charge is 2.56. The molecule has 3 heteroatoms. The summed E-state index contributed by atoms with van der Waals surface area (Å²) in [5, 5.41) is 0.130. The van der Waals surface area contributed by atoms with E-state index in [0.717, 1.165) is 12.8 Å². The summed E-state index contributed by atoms with van der Waals surface area (Å²) in [6.45, 7) is 15.1. The molecule has 0 aliphatic carbocycles. The Morgan fingerprint density at radius 3 is 1.53 bits per heavy atom. The Bertz CT molecular complexity index is 216. The molecule has 0 unspecified atom stereocenters. The van der Waals surface area contributed by atoms with Gasteiger partial charge in [-0.25, -0.2) is 0 Å². The van der Waals surface area contributed by atoms with Crippen molar-refractivity contribution in [2.45, 2.75) is 77.8 Å². The second-order valence-electron chi connectivity index (χ2n) is 5.95. The van der Waals surface area contributed by atoms with Crippen LogP contribution in [0.2, 0.25) is 5.31 Å². The van der Waals surface area contributed by atoms with E-state index in [1.165, 1.54) is 0 Å². The van der Waals surface area contributed by atoms with E-state index in [-0.39, 0.29) is 23.6 Å². The highest BCUT2D eigenvalue weighted by Crippen LogP contribution is 2.48. The van der Waals surface area contributed by atoms with Crippen molar-refractivity contribution >= 4 is 7.12 Å². The molecule has 0 aromatic rings. The van der Waals surface area contributed by atoms with Gasteiger partial charge in [-0.15, -0.1) is 0 Å². The van der Waals surface area contributed by atoms with Gasteiger partial charge in [-0.2, -0.15) is 0 Å². The second-order valence-corrected chi connectivity index (χ2v) is 5.95. The van der Waals surface area contributed by atoms with Gasteiger partial charge in [0.25, 0.3) is 0 Å². The Morgan fingerprint density at radius 2 is 1.27 bits per heavy atom. The maximum absolute atomic E-state index is 6.09. The third-order valence-electron chi connectivity index (χ3n) is 4.44. The predicted octanol–water partition coefficient (Wildman–Crippen LogP) is 3.66. The maximum atomic E-state index is 6.09. The molecule has 1 saturated heterocycles. The summed E-state index contributed by atoms with van der Waals surface area (Å²) in [5.41, 5.74) is -0.410. The molecular weight excluding hydrogens is 187 g/mol. The van der Waals surface area contributed by atoms with Gasteiger partial charge in [0.2, 0.25) is 0 Å². The topological polar surface area (TPSA) is 18.5 Å². The minimum Gasteiger partial charge on any atom is -0.403 e. The second kappa shape index (κ2) is 3.78. The first-order valence-corrected chi connectivity index (χ1v) is 6.04. The average molecular weight is 212 g/mol. The zero-order chi connectivity index (χ0) is 11.9. The van der Waals surface area contributed by atoms with Crippen molar-refractivity contribution in [2.75, 3.05) is 0 Å². The van der Waals surface area contributed by atoms with Crippen LogP contribution in [0.3, 0.4) is 0 Å². The maximum Gasteiger partial charge on any atom is 0.464 e. The standard InChI is InChI=1S/C12H25BO2/c1-8-12(7,9-2)13-14-10(3,4)11(5,6)15-13/h8-9H2,1-7H3. The molecule has 0 saturated carbocycles. The molecule has 0 radical (unpaired) electrons. The first kappa shape index (κ1) is 13.1. The van der Waals surface area contributed by atoms with Crippen molar-refractivity contribution in [1.82, 2.24) is 0 Å². The van der Waals surface area contributed by atoms with Gasteiger partial charge in [0.05, 0.1) is 11.2 Å². The van der Waals surface area contributed by atoms with Gasteiger partial charge in [0.1, 0.15) is 0 Å². The van der Waals surface area contributed by atoms with Crippen molar-refractivity contribution in [3.63, 3.8) is 0 Å². The minimum atomic E-state index is -0.205. The first-order chi connectivity index (χ1) is 6.68. The normalized spacial score (nSPS) is 24.6. The van der Waals surface area contributed by atoms with Crippen LogP contribution in [0.15, 0.2) is 0 Å². The number of rotatable bonds is 3. The summed E-state index contributed by atoms with van der Waals surface area (Å²) in [5.74, 6) is 0. The van der Waals surface area contributed by atoms with E-state index in [9.17, 15) is 0 Å². The molecule has 1 fully saturated rings. The van der Waals surface area contributed by atoms with E-state index in [2.05, 4.69) is 48.5 Å². The molecule has 15 heavy (non-hydrogen) atoms. The van der Waals surface area contributed by atoms with Crippen molar-refractivity contribution in [3.05, 3.63) is 0 Å². The molecule has 1 aliphatic heterocycles. The SMILES string of the molecule is CCC(C)(CC)B1OC(C)(C)C(C)(C)O1. The van der Waals surface area contributed by atoms with Crippen LogP contribution in [0.25, 0.3) is 0 Å². The van der Waals surface area contributed by atoms with E-state index >= 15 is 0 Å². The van der Waals surface area contributed by atoms with Crippen LogP contribution in [-0.2, 0) is 9.31 Å². The van der Waals surface area contributed by atoms with E-state index in [0.29, 0.717) is 0 Å². The average Bonchev–Trinajstić information content (AvgIpc) is 2.35. The molecule has 0 spiro atoms. The monoisotopic (exact) mass is 212 g/mol. The fraction of sp³-hybridized carbons (Fsp3) is 1.00. The molecule has 0 aromatic heterocycles. The third-order valence-corrected chi connectivity index (χ3v) is 4.44. The van der Waals surface area contributed by atoms with Gasteiger partial charge in [0, 0.05) is 5.31 Å². The first-order valence-electron chi connectivity index (χ1n) is 6.04. The van der Waals surface area contributed by atoms with Crippen LogP contribution in [0.4, 0.5) is 0 Å². The summed E-state index contributed by atoms with van der Waals surface area (Å²) in [6, 6.07) is 0. The highest BCUT2D eigenvalue weighted by molar-refractivity contribution is 6.49. The van der Waals surface area contributed by atoms with Crippen molar-refractivity contribution < 1.29 is 9.31 Å². The van der Waals surface area contributed by atoms with Gasteiger partial charge in [-0.05, 0) is 27.7 Å².